The number of aromatic nitrogens is 3. The fourth-order valence-corrected chi connectivity index (χ4v) is 3.00. The third kappa shape index (κ3) is 2.43. The second kappa shape index (κ2) is 5.08. The van der Waals surface area contributed by atoms with Gasteiger partial charge in [0.25, 0.3) is 5.56 Å². The molecule has 22 heavy (non-hydrogen) atoms. The van der Waals surface area contributed by atoms with Gasteiger partial charge in [-0.3, -0.25) is 14.2 Å². The van der Waals surface area contributed by atoms with Crippen molar-refractivity contribution in [2.24, 2.45) is 11.3 Å². The van der Waals surface area contributed by atoms with Crippen molar-refractivity contribution in [2.75, 3.05) is 6.54 Å². The number of carbonyl (C=O) groups is 1. The van der Waals surface area contributed by atoms with E-state index in [2.05, 4.69) is 15.3 Å². The van der Waals surface area contributed by atoms with Crippen molar-refractivity contribution in [3.63, 3.8) is 0 Å². The van der Waals surface area contributed by atoms with Gasteiger partial charge in [-0.1, -0.05) is 13.8 Å². The maximum atomic E-state index is 12.4. The molecule has 116 valence electrons. The third-order valence-corrected chi connectivity index (χ3v) is 4.15. The van der Waals surface area contributed by atoms with Gasteiger partial charge in [0.15, 0.2) is 5.52 Å². The Hall–Kier alpha value is -2.44. The number of fused-ring (bicyclic) bond motifs is 1. The predicted molar refractivity (Wildman–Crippen MR) is 81.5 cm³/mol. The van der Waals surface area contributed by atoms with Crippen LogP contribution in [-0.2, 0) is 11.3 Å². The molecule has 2 aromatic rings. The normalized spacial score (nSPS) is 20.8. The highest BCUT2D eigenvalue weighted by Gasteiger charge is 2.35. The molecule has 3 heterocycles. The van der Waals surface area contributed by atoms with Crippen molar-refractivity contribution in [2.45, 2.75) is 26.8 Å². The Balaban J connectivity index is 1.96. The molecular formula is C15H18N4O3. The largest absolute Gasteiger partial charge is 0.355 e. The Morgan fingerprint density at radius 3 is 2.86 bits per heavy atom. The molecule has 0 spiro atoms. The molecule has 1 amide bonds. The van der Waals surface area contributed by atoms with Crippen LogP contribution < -0.4 is 16.6 Å². The monoisotopic (exact) mass is 302 g/mol. The van der Waals surface area contributed by atoms with Crippen LogP contribution in [-0.4, -0.2) is 27.0 Å². The lowest BCUT2D eigenvalue weighted by Crippen LogP contribution is -2.49. The van der Waals surface area contributed by atoms with Gasteiger partial charge < -0.3 is 10.3 Å². The van der Waals surface area contributed by atoms with E-state index >= 15 is 0 Å². The van der Waals surface area contributed by atoms with Crippen LogP contribution in [0.5, 0.6) is 0 Å². The summed E-state index contributed by atoms with van der Waals surface area (Å²) in [5.41, 5.74) is -0.643. The zero-order valence-corrected chi connectivity index (χ0v) is 12.5. The number of hydrogen-bond acceptors (Lipinski definition) is 4. The van der Waals surface area contributed by atoms with Crippen molar-refractivity contribution in [1.82, 2.24) is 19.9 Å². The minimum atomic E-state index is -0.492. The molecule has 1 saturated heterocycles. The predicted octanol–water partition coefficient (Wildman–Crippen LogP) is 0.247. The highest BCUT2D eigenvalue weighted by Crippen LogP contribution is 2.29. The van der Waals surface area contributed by atoms with E-state index in [1.165, 1.54) is 10.8 Å². The van der Waals surface area contributed by atoms with Crippen LogP contribution in [0.2, 0.25) is 0 Å². The fraction of sp³-hybridized carbons (Fsp3) is 0.467. The molecule has 1 atom stereocenters. The highest BCUT2D eigenvalue weighted by molar-refractivity contribution is 5.82. The van der Waals surface area contributed by atoms with Gasteiger partial charge in [-0.2, -0.15) is 0 Å². The van der Waals surface area contributed by atoms with E-state index in [1.54, 1.807) is 12.1 Å². The Morgan fingerprint density at radius 1 is 1.36 bits per heavy atom. The lowest BCUT2D eigenvalue weighted by Gasteiger charge is -2.34. The molecule has 1 aliphatic rings. The van der Waals surface area contributed by atoms with E-state index in [0.717, 1.165) is 0 Å². The van der Waals surface area contributed by atoms with E-state index in [1.807, 2.05) is 13.8 Å². The van der Waals surface area contributed by atoms with Crippen molar-refractivity contribution in [3.8, 4) is 0 Å². The average molecular weight is 302 g/mol. The van der Waals surface area contributed by atoms with Gasteiger partial charge in [-0.15, -0.1) is 0 Å². The van der Waals surface area contributed by atoms with E-state index in [0.29, 0.717) is 18.5 Å². The number of H-pyrrole nitrogens is 1. The molecule has 0 aromatic carbocycles. The zero-order valence-electron chi connectivity index (χ0n) is 12.5. The first kappa shape index (κ1) is 14.5. The molecule has 1 aliphatic heterocycles. The second-order valence-corrected chi connectivity index (χ2v) is 6.41. The van der Waals surface area contributed by atoms with Crippen LogP contribution in [0.15, 0.2) is 27.9 Å². The molecule has 0 bridgehead atoms. The molecule has 7 nitrogen and oxygen atoms in total. The number of hydrogen-bond donors (Lipinski definition) is 2. The molecule has 0 radical (unpaired) electrons. The van der Waals surface area contributed by atoms with Crippen molar-refractivity contribution in [3.05, 3.63) is 39.2 Å². The molecule has 7 heteroatoms. The highest BCUT2D eigenvalue weighted by atomic mass is 16.2. The number of amides is 1. The summed E-state index contributed by atoms with van der Waals surface area (Å²) >= 11 is 0. The fourth-order valence-electron chi connectivity index (χ4n) is 3.00. The van der Waals surface area contributed by atoms with Gasteiger partial charge in [0.2, 0.25) is 5.91 Å². The summed E-state index contributed by atoms with van der Waals surface area (Å²) in [4.78, 5) is 43.1. The number of piperidine rings is 1. The lowest BCUT2D eigenvalue weighted by atomic mass is 9.79. The van der Waals surface area contributed by atoms with Crippen LogP contribution >= 0.6 is 0 Å². The van der Waals surface area contributed by atoms with Crippen molar-refractivity contribution in [1.29, 1.82) is 0 Å². The standard InChI is InChI=1S/C15H18N4O3/c1-15(2)6-9(7-17-13(15)21)8-19-12(20)11-10(18-14(19)22)4-3-5-16-11/h3-5,9H,6-8H2,1-2H3,(H,17,21)(H,18,22). The lowest BCUT2D eigenvalue weighted by molar-refractivity contribution is -0.133. The van der Waals surface area contributed by atoms with Gasteiger partial charge in [0.1, 0.15) is 0 Å². The van der Waals surface area contributed by atoms with Crippen molar-refractivity contribution >= 4 is 16.9 Å². The summed E-state index contributed by atoms with van der Waals surface area (Å²) in [5, 5.41) is 2.84. The molecule has 2 aromatic heterocycles. The van der Waals surface area contributed by atoms with Gasteiger partial charge in [-0.05, 0) is 24.5 Å². The first-order valence-corrected chi connectivity index (χ1v) is 7.24. The first-order chi connectivity index (χ1) is 10.4. The minimum absolute atomic E-state index is 0.00480. The summed E-state index contributed by atoms with van der Waals surface area (Å²) in [6, 6.07) is 3.32. The molecule has 0 saturated carbocycles. The second-order valence-electron chi connectivity index (χ2n) is 6.41. The molecule has 3 rings (SSSR count). The molecule has 0 aliphatic carbocycles. The smallest absolute Gasteiger partial charge is 0.328 e. The Bertz CT molecular complexity index is 850. The van der Waals surface area contributed by atoms with E-state index in [4.69, 9.17) is 0 Å². The summed E-state index contributed by atoms with van der Waals surface area (Å²) < 4.78 is 1.17. The minimum Gasteiger partial charge on any atom is -0.355 e. The van der Waals surface area contributed by atoms with Gasteiger partial charge >= 0.3 is 5.69 Å². The first-order valence-electron chi connectivity index (χ1n) is 7.24. The number of rotatable bonds is 2. The van der Waals surface area contributed by atoms with Crippen LogP contribution in [0.4, 0.5) is 0 Å². The van der Waals surface area contributed by atoms with Crippen LogP contribution in [0.1, 0.15) is 20.3 Å². The SMILES string of the molecule is CC1(C)CC(Cn2c(=O)[nH]c3cccnc3c2=O)CNC1=O. The molecule has 2 N–H and O–H groups in total. The van der Waals surface area contributed by atoms with Gasteiger partial charge in [0.05, 0.1) is 5.52 Å². The number of carbonyl (C=O) groups excluding carboxylic acids is 1. The van der Waals surface area contributed by atoms with E-state index in [9.17, 15) is 14.4 Å². The van der Waals surface area contributed by atoms with Crippen molar-refractivity contribution < 1.29 is 4.79 Å². The average Bonchev–Trinajstić information content (AvgIpc) is 2.47. The molecule has 1 unspecified atom stereocenters. The zero-order chi connectivity index (χ0) is 15.9. The van der Waals surface area contributed by atoms with Crippen LogP contribution in [0.3, 0.4) is 0 Å². The number of nitrogens with zero attached hydrogens (tertiary/aromatic N) is 2. The summed E-state index contributed by atoms with van der Waals surface area (Å²) in [5.74, 6) is 0.0397. The maximum absolute atomic E-state index is 12.4. The van der Waals surface area contributed by atoms with Gasteiger partial charge in [0, 0.05) is 24.7 Å². The Morgan fingerprint density at radius 2 is 2.14 bits per heavy atom. The van der Waals surface area contributed by atoms with E-state index < -0.39 is 16.7 Å². The molecular weight excluding hydrogens is 284 g/mol. The van der Waals surface area contributed by atoms with Crippen LogP contribution in [0, 0.1) is 11.3 Å². The maximum Gasteiger partial charge on any atom is 0.328 e. The Labute approximate surface area is 126 Å². The topological polar surface area (TPSA) is 96.8 Å². The molecule has 1 fully saturated rings. The summed E-state index contributed by atoms with van der Waals surface area (Å²) in [6.07, 6.45) is 2.15. The quantitative estimate of drug-likeness (QED) is 0.831. The third-order valence-electron chi connectivity index (χ3n) is 4.15. The van der Waals surface area contributed by atoms with E-state index in [-0.39, 0.29) is 23.9 Å². The number of pyridine rings is 1. The van der Waals surface area contributed by atoms with Crippen LogP contribution in [0.25, 0.3) is 11.0 Å². The summed E-state index contributed by atoms with van der Waals surface area (Å²) in [7, 11) is 0. The van der Waals surface area contributed by atoms with Gasteiger partial charge in [-0.25, -0.2) is 9.78 Å². The summed E-state index contributed by atoms with van der Waals surface area (Å²) in [6.45, 7) is 4.46. The number of nitrogens with one attached hydrogen (secondary N) is 2. The number of aromatic amines is 1. The Kier molecular flexibility index (Phi) is 3.35.